The van der Waals surface area contributed by atoms with Gasteiger partial charge in [-0.05, 0) is 64.2 Å². The van der Waals surface area contributed by atoms with Crippen LogP contribution in [0.4, 0.5) is 0 Å². The molecule has 0 aromatic carbocycles. The van der Waals surface area contributed by atoms with Crippen molar-refractivity contribution in [1.29, 1.82) is 0 Å². The maximum absolute atomic E-state index is 12.4. The van der Waals surface area contributed by atoms with Crippen LogP contribution in [0.3, 0.4) is 0 Å². The molecule has 2 atom stereocenters. The molecule has 2 unspecified atom stereocenters. The van der Waals surface area contributed by atoms with Crippen LogP contribution in [-0.4, -0.2) is 34.9 Å². The largest absolute Gasteiger partial charge is 0.394 e. The van der Waals surface area contributed by atoms with Crippen molar-refractivity contribution < 1.29 is 15.0 Å². The van der Waals surface area contributed by atoms with E-state index in [9.17, 15) is 15.0 Å². The molecule has 0 fully saturated rings. The predicted octanol–water partition coefficient (Wildman–Crippen LogP) is 15.5. The first kappa shape index (κ1) is 53.4. The second-order valence-electron chi connectivity index (χ2n) is 16.5. The summed E-state index contributed by atoms with van der Waals surface area (Å²) in [5.41, 5.74) is 0. The average Bonchev–Trinajstić information content (AvgIpc) is 3.19. The molecule has 0 saturated carbocycles. The Kier molecular flexibility index (Phi) is 45.3. The zero-order valence-electron chi connectivity index (χ0n) is 36.9. The van der Waals surface area contributed by atoms with Crippen molar-refractivity contribution >= 4 is 5.91 Å². The van der Waals surface area contributed by atoms with Gasteiger partial charge in [0.05, 0.1) is 18.8 Å². The van der Waals surface area contributed by atoms with Crippen LogP contribution in [-0.2, 0) is 4.79 Å². The van der Waals surface area contributed by atoms with Crippen molar-refractivity contribution in [2.75, 3.05) is 6.61 Å². The minimum absolute atomic E-state index is 0.0756. The Morgan fingerprint density at radius 1 is 0.436 bits per heavy atom. The van der Waals surface area contributed by atoms with Crippen LogP contribution >= 0.6 is 0 Å². The molecule has 0 aliphatic carbocycles. The van der Waals surface area contributed by atoms with Gasteiger partial charge in [0.25, 0.3) is 0 Å². The van der Waals surface area contributed by atoms with E-state index in [4.69, 9.17) is 0 Å². The molecule has 0 aliphatic heterocycles. The lowest BCUT2D eigenvalue weighted by Gasteiger charge is -2.19. The van der Waals surface area contributed by atoms with Gasteiger partial charge in [-0.3, -0.25) is 4.79 Å². The average molecular weight is 770 g/mol. The minimum atomic E-state index is -0.863. The van der Waals surface area contributed by atoms with Gasteiger partial charge in [-0.15, -0.1) is 0 Å². The van der Waals surface area contributed by atoms with Crippen LogP contribution in [0.25, 0.3) is 0 Å². The number of unbranched alkanes of at least 4 members (excludes halogenated alkanes) is 31. The normalized spacial score (nSPS) is 13.3. The summed E-state index contributed by atoms with van der Waals surface area (Å²) in [7, 11) is 0. The number of aliphatic hydroxyl groups is 2. The molecule has 4 nitrogen and oxygen atoms in total. The van der Waals surface area contributed by atoms with E-state index in [1.807, 2.05) is 6.08 Å². The quantitative estimate of drug-likeness (QED) is 0.0427. The van der Waals surface area contributed by atoms with E-state index in [-0.39, 0.29) is 12.5 Å². The lowest BCUT2D eigenvalue weighted by Crippen LogP contribution is -2.45. The highest BCUT2D eigenvalue weighted by Gasteiger charge is 2.17. The Balaban J connectivity index is 3.56. The van der Waals surface area contributed by atoms with Crippen molar-refractivity contribution in [1.82, 2.24) is 5.32 Å². The first-order valence-corrected chi connectivity index (χ1v) is 24.4. The van der Waals surface area contributed by atoms with E-state index in [1.54, 1.807) is 6.08 Å². The van der Waals surface area contributed by atoms with Gasteiger partial charge in [0.15, 0.2) is 0 Å². The number of allylic oxidation sites excluding steroid dienone is 7. The SMILES string of the molecule is CCCCCCCCCCC/C=C\C/C=C\CCCCCCCCCCCCCC(=O)NC(CO)C(O)/C=C/CC/C=C/CCCCCCCCCCCC. The monoisotopic (exact) mass is 770 g/mol. The summed E-state index contributed by atoms with van der Waals surface area (Å²) in [4.78, 5) is 12.4. The predicted molar refractivity (Wildman–Crippen MR) is 244 cm³/mol. The number of hydrogen-bond acceptors (Lipinski definition) is 3. The summed E-state index contributed by atoms with van der Waals surface area (Å²) in [6, 6.07) is -0.640. The van der Waals surface area contributed by atoms with Crippen LogP contribution in [0, 0.1) is 0 Å². The maximum Gasteiger partial charge on any atom is 0.220 e. The summed E-state index contributed by atoms with van der Waals surface area (Å²) < 4.78 is 0. The van der Waals surface area contributed by atoms with E-state index >= 15 is 0 Å². The number of amides is 1. The fraction of sp³-hybridized carbons (Fsp3) is 0.824. The molecule has 0 aliphatic rings. The molecule has 0 aromatic rings. The third-order valence-electron chi connectivity index (χ3n) is 11.0. The Morgan fingerprint density at radius 3 is 1.16 bits per heavy atom. The highest BCUT2D eigenvalue weighted by Crippen LogP contribution is 2.15. The standard InChI is InChI=1S/C51H95NO3/c1-3-5-7-9-11-13-15-17-19-21-22-23-24-25-26-27-28-29-30-31-33-35-37-39-41-43-45-47-51(55)52-49(48-53)50(54)46-44-42-40-38-36-34-32-20-18-16-14-12-10-8-6-4-2/h22-23,25-26,36,38,44,46,49-50,53-54H,3-21,24,27-35,37,39-43,45,47-48H2,1-2H3,(H,52,55)/b23-22-,26-25-,38-36+,46-44+. The molecule has 0 radical (unpaired) electrons. The van der Waals surface area contributed by atoms with Crippen molar-refractivity contribution in [3.05, 3.63) is 48.6 Å². The van der Waals surface area contributed by atoms with E-state index in [0.29, 0.717) is 6.42 Å². The van der Waals surface area contributed by atoms with Crippen LogP contribution in [0.5, 0.6) is 0 Å². The minimum Gasteiger partial charge on any atom is -0.394 e. The highest BCUT2D eigenvalue weighted by atomic mass is 16.3. The van der Waals surface area contributed by atoms with E-state index < -0.39 is 12.1 Å². The summed E-state index contributed by atoms with van der Waals surface area (Å²) in [6.07, 6.45) is 63.8. The van der Waals surface area contributed by atoms with Crippen LogP contribution in [0.15, 0.2) is 48.6 Å². The molecule has 0 saturated heterocycles. The lowest BCUT2D eigenvalue weighted by molar-refractivity contribution is -0.123. The Bertz CT molecular complexity index is 877. The van der Waals surface area contributed by atoms with Crippen molar-refractivity contribution in [3.63, 3.8) is 0 Å². The zero-order chi connectivity index (χ0) is 40.0. The molecular formula is C51H95NO3. The summed E-state index contributed by atoms with van der Waals surface area (Å²) in [6.45, 7) is 4.30. The van der Waals surface area contributed by atoms with Gasteiger partial charge in [0.2, 0.25) is 5.91 Å². The lowest BCUT2D eigenvalue weighted by atomic mass is 10.0. The number of nitrogens with one attached hydrogen (secondary N) is 1. The summed E-state index contributed by atoms with van der Waals surface area (Å²) in [5.74, 6) is -0.0756. The fourth-order valence-electron chi connectivity index (χ4n) is 7.28. The van der Waals surface area contributed by atoms with E-state index in [0.717, 1.165) is 38.5 Å². The number of carbonyl (C=O) groups is 1. The maximum atomic E-state index is 12.4. The van der Waals surface area contributed by atoms with Gasteiger partial charge in [-0.25, -0.2) is 0 Å². The van der Waals surface area contributed by atoms with Gasteiger partial charge in [0.1, 0.15) is 0 Å². The van der Waals surface area contributed by atoms with Crippen molar-refractivity contribution in [2.24, 2.45) is 0 Å². The molecule has 0 bridgehead atoms. The molecule has 0 spiro atoms. The first-order chi connectivity index (χ1) is 27.2. The second kappa shape index (κ2) is 46.7. The molecule has 55 heavy (non-hydrogen) atoms. The van der Waals surface area contributed by atoms with Gasteiger partial charge >= 0.3 is 0 Å². The topological polar surface area (TPSA) is 69.6 Å². The van der Waals surface area contributed by atoms with E-state index in [2.05, 4.69) is 55.6 Å². The molecule has 4 heteroatoms. The molecule has 3 N–H and O–H groups in total. The summed E-state index contributed by atoms with van der Waals surface area (Å²) >= 11 is 0. The van der Waals surface area contributed by atoms with Crippen LogP contribution in [0.1, 0.15) is 251 Å². The van der Waals surface area contributed by atoms with Crippen molar-refractivity contribution in [3.8, 4) is 0 Å². The molecule has 0 rings (SSSR count). The summed E-state index contributed by atoms with van der Waals surface area (Å²) in [5, 5.41) is 23.0. The second-order valence-corrected chi connectivity index (χ2v) is 16.5. The molecule has 1 amide bonds. The fourth-order valence-corrected chi connectivity index (χ4v) is 7.28. The van der Waals surface area contributed by atoms with E-state index in [1.165, 1.54) is 193 Å². The number of hydrogen-bond donors (Lipinski definition) is 3. The van der Waals surface area contributed by atoms with Gasteiger partial charge < -0.3 is 15.5 Å². The van der Waals surface area contributed by atoms with Gasteiger partial charge in [-0.1, -0.05) is 229 Å². The Labute approximate surface area is 344 Å². The Morgan fingerprint density at radius 2 is 0.764 bits per heavy atom. The zero-order valence-corrected chi connectivity index (χ0v) is 36.9. The van der Waals surface area contributed by atoms with Gasteiger partial charge in [0, 0.05) is 6.42 Å². The molecular weight excluding hydrogens is 675 g/mol. The number of rotatable bonds is 44. The molecule has 0 heterocycles. The molecule has 322 valence electrons. The third-order valence-corrected chi connectivity index (χ3v) is 11.0. The molecule has 0 aromatic heterocycles. The van der Waals surface area contributed by atoms with Gasteiger partial charge in [-0.2, -0.15) is 0 Å². The number of aliphatic hydroxyl groups excluding tert-OH is 2. The van der Waals surface area contributed by atoms with Crippen LogP contribution < -0.4 is 5.32 Å². The van der Waals surface area contributed by atoms with Crippen molar-refractivity contribution in [2.45, 2.75) is 264 Å². The third kappa shape index (κ3) is 43.3. The first-order valence-electron chi connectivity index (χ1n) is 24.4. The smallest absolute Gasteiger partial charge is 0.220 e. The number of carbonyl (C=O) groups excluding carboxylic acids is 1. The van der Waals surface area contributed by atoms with Crippen LogP contribution in [0.2, 0.25) is 0 Å². The highest BCUT2D eigenvalue weighted by molar-refractivity contribution is 5.76. The Hall–Kier alpha value is -1.65.